The molecule has 1 unspecified atom stereocenters. The summed E-state index contributed by atoms with van der Waals surface area (Å²) in [5.74, 6) is -0.255. The van der Waals surface area contributed by atoms with Crippen LogP contribution in [0.2, 0.25) is 0 Å². The molecule has 18 heavy (non-hydrogen) atoms. The quantitative estimate of drug-likeness (QED) is 0.722. The summed E-state index contributed by atoms with van der Waals surface area (Å²) >= 11 is 0.957. The molecule has 1 fully saturated rings. The summed E-state index contributed by atoms with van der Waals surface area (Å²) in [7, 11) is -3.72. The van der Waals surface area contributed by atoms with E-state index in [2.05, 4.69) is 10.6 Å². The Bertz CT molecular complexity index is 532. The number of amides is 1. The molecule has 6 nitrogen and oxygen atoms in total. The van der Waals surface area contributed by atoms with E-state index in [1.165, 1.54) is 11.4 Å². The van der Waals surface area contributed by atoms with Crippen LogP contribution in [-0.4, -0.2) is 33.5 Å². The molecule has 0 aliphatic carbocycles. The largest absolute Gasteiger partial charge is 0.348 e. The van der Waals surface area contributed by atoms with Gasteiger partial charge in [0.05, 0.1) is 5.56 Å². The number of nitrogens with two attached hydrogens (primary N) is 1. The Hall–Kier alpha value is -0.960. The molecule has 0 radical (unpaired) electrons. The Morgan fingerprint density at radius 1 is 1.56 bits per heavy atom. The first-order chi connectivity index (χ1) is 8.47. The highest BCUT2D eigenvalue weighted by Crippen LogP contribution is 2.19. The van der Waals surface area contributed by atoms with E-state index in [4.69, 9.17) is 5.14 Å². The Morgan fingerprint density at radius 3 is 2.89 bits per heavy atom. The zero-order chi connectivity index (χ0) is 13.2. The van der Waals surface area contributed by atoms with Gasteiger partial charge in [0, 0.05) is 18.0 Å². The second-order valence-electron chi connectivity index (χ2n) is 4.22. The van der Waals surface area contributed by atoms with E-state index in [9.17, 15) is 13.2 Å². The van der Waals surface area contributed by atoms with Crippen LogP contribution >= 0.6 is 11.3 Å². The average molecular weight is 289 g/mol. The maximum absolute atomic E-state index is 11.9. The lowest BCUT2D eigenvalue weighted by atomic mass is 10.1. The standard InChI is InChI=1S/C10H15N3O3S2/c11-18(15,16)9-4-7(6-17-9)10(14)13-8-2-1-3-12-5-8/h4,6,8,12H,1-3,5H2,(H,13,14)(H2,11,15,16). The van der Waals surface area contributed by atoms with E-state index < -0.39 is 10.0 Å². The Kier molecular flexibility index (Phi) is 4.00. The number of thiophene rings is 1. The van der Waals surface area contributed by atoms with Crippen molar-refractivity contribution in [1.82, 2.24) is 10.6 Å². The van der Waals surface area contributed by atoms with Gasteiger partial charge in [0.25, 0.3) is 5.91 Å². The monoisotopic (exact) mass is 289 g/mol. The minimum atomic E-state index is -3.72. The highest BCUT2D eigenvalue weighted by Gasteiger charge is 2.19. The lowest BCUT2D eigenvalue weighted by Crippen LogP contribution is -2.45. The molecule has 1 amide bonds. The number of sulfonamides is 1. The highest BCUT2D eigenvalue weighted by atomic mass is 32.2. The van der Waals surface area contributed by atoms with Gasteiger partial charge < -0.3 is 10.6 Å². The molecule has 100 valence electrons. The number of hydrogen-bond donors (Lipinski definition) is 3. The first-order valence-corrected chi connectivity index (χ1v) is 8.02. The molecule has 1 aromatic rings. The van der Waals surface area contributed by atoms with Crippen LogP contribution in [0.15, 0.2) is 15.7 Å². The summed E-state index contributed by atoms with van der Waals surface area (Å²) in [5.41, 5.74) is 0.342. The van der Waals surface area contributed by atoms with Gasteiger partial charge in [-0.15, -0.1) is 11.3 Å². The third-order valence-corrected chi connectivity index (χ3v) is 5.14. The number of hydrogen-bond acceptors (Lipinski definition) is 5. The first-order valence-electron chi connectivity index (χ1n) is 5.60. The zero-order valence-corrected chi connectivity index (χ0v) is 11.3. The fourth-order valence-electron chi connectivity index (χ4n) is 1.83. The molecule has 0 aromatic carbocycles. The van der Waals surface area contributed by atoms with Gasteiger partial charge in [-0.3, -0.25) is 4.79 Å². The van der Waals surface area contributed by atoms with E-state index in [1.807, 2.05) is 0 Å². The highest BCUT2D eigenvalue weighted by molar-refractivity contribution is 7.91. The molecule has 8 heteroatoms. The Labute approximate surface area is 110 Å². The number of rotatable bonds is 3. The van der Waals surface area contributed by atoms with Crippen LogP contribution in [0, 0.1) is 0 Å². The third-order valence-electron chi connectivity index (χ3n) is 2.75. The second-order valence-corrected chi connectivity index (χ2v) is 6.92. The summed E-state index contributed by atoms with van der Waals surface area (Å²) in [6.07, 6.45) is 1.96. The van der Waals surface area contributed by atoms with Crippen molar-refractivity contribution in [3.8, 4) is 0 Å². The molecule has 2 heterocycles. The summed E-state index contributed by atoms with van der Waals surface area (Å²) < 4.78 is 22.2. The molecule has 0 bridgehead atoms. The number of nitrogens with one attached hydrogen (secondary N) is 2. The van der Waals surface area contributed by atoms with Crippen molar-refractivity contribution < 1.29 is 13.2 Å². The lowest BCUT2D eigenvalue weighted by Gasteiger charge is -2.23. The average Bonchev–Trinajstić information content (AvgIpc) is 2.79. The normalized spacial score (nSPS) is 20.6. The maximum Gasteiger partial charge on any atom is 0.252 e. The SMILES string of the molecule is NS(=O)(=O)c1cc(C(=O)NC2CCCNC2)cs1. The molecular weight excluding hydrogens is 274 g/mol. The van der Waals surface area contributed by atoms with Crippen LogP contribution in [0.1, 0.15) is 23.2 Å². The van der Waals surface area contributed by atoms with Crippen LogP contribution < -0.4 is 15.8 Å². The summed E-state index contributed by atoms with van der Waals surface area (Å²) in [5, 5.41) is 12.6. The minimum Gasteiger partial charge on any atom is -0.348 e. The van der Waals surface area contributed by atoms with Gasteiger partial charge in [-0.1, -0.05) is 0 Å². The van der Waals surface area contributed by atoms with Crippen LogP contribution in [-0.2, 0) is 10.0 Å². The van der Waals surface area contributed by atoms with Crippen molar-refractivity contribution in [1.29, 1.82) is 0 Å². The topological polar surface area (TPSA) is 101 Å². The fourth-order valence-corrected chi connectivity index (χ4v) is 3.41. The van der Waals surface area contributed by atoms with Gasteiger partial charge in [0.15, 0.2) is 0 Å². The fraction of sp³-hybridized carbons (Fsp3) is 0.500. The van der Waals surface area contributed by atoms with Crippen LogP contribution in [0.5, 0.6) is 0 Å². The summed E-state index contributed by atoms with van der Waals surface area (Å²) in [6, 6.07) is 1.41. The second kappa shape index (κ2) is 5.35. The maximum atomic E-state index is 11.9. The first kappa shape index (κ1) is 13.5. The summed E-state index contributed by atoms with van der Waals surface area (Å²) in [4.78, 5) is 11.9. The molecule has 4 N–H and O–H groups in total. The van der Waals surface area contributed by atoms with E-state index in [-0.39, 0.29) is 16.2 Å². The summed E-state index contributed by atoms with van der Waals surface area (Å²) in [6.45, 7) is 1.72. The predicted octanol–water partition coefficient (Wildman–Crippen LogP) is -0.123. The van der Waals surface area contributed by atoms with Crippen LogP contribution in [0.3, 0.4) is 0 Å². The van der Waals surface area contributed by atoms with Crippen molar-refractivity contribution in [3.63, 3.8) is 0 Å². The van der Waals surface area contributed by atoms with Gasteiger partial charge in [0.2, 0.25) is 10.0 Å². The van der Waals surface area contributed by atoms with Crippen molar-refractivity contribution in [2.75, 3.05) is 13.1 Å². The molecule has 1 atom stereocenters. The third kappa shape index (κ3) is 3.29. The van der Waals surface area contributed by atoms with Gasteiger partial charge in [-0.05, 0) is 25.5 Å². The van der Waals surface area contributed by atoms with Gasteiger partial charge in [0.1, 0.15) is 4.21 Å². The van der Waals surface area contributed by atoms with E-state index in [1.54, 1.807) is 0 Å². The van der Waals surface area contributed by atoms with Gasteiger partial charge in [-0.2, -0.15) is 0 Å². The van der Waals surface area contributed by atoms with Gasteiger partial charge >= 0.3 is 0 Å². The molecule has 0 saturated carbocycles. The van der Waals surface area contributed by atoms with Crippen molar-refractivity contribution in [3.05, 3.63) is 17.0 Å². The molecule has 0 spiro atoms. The van der Waals surface area contributed by atoms with E-state index in [0.29, 0.717) is 5.56 Å². The molecule has 1 saturated heterocycles. The lowest BCUT2D eigenvalue weighted by molar-refractivity contribution is 0.0931. The smallest absolute Gasteiger partial charge is 0.252 e. The molecule has 2 rings (SSSR count). The van der Waals surface area contributed by atoms with Crippen molar-refractivity contribution >= 4 is 27.3 Å². The Morgan fingerprint density at radius 2 is 2.33 bits per heavy atom. The van der Waals surface area contributed by atoms with Gasteiger partial charge in [-0.25, -0.2) is 13.6 Å². The van der Waals surface area contributed by atoms with Crippen molar-refractivity contribution in [2.24, 2.45) is 5.14 Å². The van der Waals surface area contributed by atoms with Crippen LogP contribution in [0.25, 0.3) is 0 Å². The number of piperidine rings is 1. The number of primary sulfonamides is 1. The van der Waals surface area contributed by atoms with E-state index >= 15 is 0 Å². The minimum absolute atomic E-state index is 0.00872. The molecule has 1 aromatic heterocycles. The number of carbonyl (C=O) groups excluding carboxylic acids is 1. The number of carbonyl (C=O) groups is 1. The molecular formula is C10H15N3O3S2. The zero-order valence-electron chi connectivity index (χ0n) is 9.68. The Balaban J connectivity index is 2.02. The van der Waals surface area contributed by atoms with Crippen LogP contribution in [0.4, 0.5) is 0 Å². The predicted molar refractivity (Wildman–Crippen MR) is 69.1 cm³/mol. The van der Waals surface area contributed by atoms with E-state index in [0.717, 1.165) is 37.3 Å². The molecule has 1 aliphatic heterocycles. The molecule has 1 aliphatic rings. The van der Waals surface area contributed by atoms with Crippen molar-refractivity contribution in [2.45, 2.75) is 23.1 Å².